The number of hydrogen-bond acceptors (Lipinski definition) is 8. The van der Waals surface area contributed by atoms with Crippen molar-refractivity contribution in [1.29, 1.82) is 0 Å². The maximum Gasteiger partial charge on any atom is 0.308 e. The topological polar surface area (TPSA) is 105 Å². The van der Waals surface area contributed by atoms with E-state index in [1.165, 1.54) is 27.9 Å². The lowest BCUT2D eigenvalue weighted by atomic mass is 9.98. The third kappa shape index (κ3) is 10.6. The van der Waals surface area contributed by atoms with Crippen LogP contribution >= 0.6 is 0 Å². The van der Waals surface area contributed by atoms with Gasteiger partial charge in [0.05, 0.1) is 19.6 Å². The van der Waals surface area contributed by atoms with E-state index >= 15 is 0 Å². The molecule has 8 nitrogen and oxygen atoms in total. The van der Waals surface area contributed by atoms with Crippen molar-refractivity contribution in [1.82, 2.24) is 0 Å². The van der Waals surface area contributed by atoms with Gasteiger partial charge in [-0.05, 0) is 6.42 Å². The van der Waals surface area contributed by atoms with Gasteiger partial charge in [-0.1, -0.05) is 6.92 Å². The van der Waals surface area contributed by atoms with E-state index in [1.54, 1.807) is 6.92 Å². The van der Waals surface area contributed by atoms with E-state index in [-0.39, 0.29) is 25.9 Å². The van der Waals surface area contributed by atoms with Crippen molar-refractivity contribution < 1.29 is 38.1 Å². The molecule has 0 aromatic carbocycles. The molecule has 0 aliphatic rings. The van der Waals surface area contributed by atoms with Crippen LogP contribution in [0.25, 0.3) is 0 Å². The standard InChI is InChI=1S/C16H26O8/c1-10(16(20)21-5)8-15(24-13(4)19)9-14(23-12(3)18)6-7-22-11(2)17/h10,14-15H,6-9H2,1-5H3. The molecular weight excluding hydrogens is 320 g/mol. The summed E-state index contributed by atoms with van der Waals surface area (Å²) in [6.45, 7) is 5.53. The Kier molecular flexibility index (Phi) is 10.4. The first-order valence-electron chi connectivity index (χ1n) is 7.71. The summed E-state index contributed by atoms with van der Waals surface area (Å²) in [6.07, 6.45) is -0.530. The van der Waals surface area contributed by atoms with Gasteiger partial charge in [-0.2, -0.15) is 0 Å². The van der Waals surface area contributed by atoms with Gasteiger partial charge in [0.25, 0.3) is 0 Å². The smallest absolute Gasteiger partial charge is 0.308 e. The van der Waals surface area contributed by atoms with Crippen molar-refractivity contribution in [2.75, 3.05) is 13.7 Å². The highest BCUT2D eigenvalue weighted by molar-refractivity contribution is 5.72. The van der Waals surface area contributed by atoms with Crippen molar-refractivity contribution in [3.63, 3.8) is 0 Å². The second kappa shape index (κ2) is 11.4. The first kappa shape index (κ1) is 21.9. The van der Waals surface area contributed by atoms with Crippen LogP contribution in [0.2, 0.25) is 0 Å². The highest BCUT2D eigenvalue weighted by atomic mass is 16.6. The van der Waals surface area contributed by atoms with Crippen LogP contribution in [-0.2, 0) is 38.1 Å². The third-order valence-corrected chi connectivity index (χ3v) is 3.16. The molecule has 3 atom stereocenters. The maximum absolute atomic E-state index is 11.5. The molecule has 0 rings (SSSR count). The predicted molar refractivity (Wildman–Crippen MR) is 82.8 cm³/mol. The first-order valence-corrected chi connectivity index (χ1v) is 7.71. The number of hydrogen-bond donors (Lipinski definition) is 0. The minimum Gasteiger partial charge on any atom is -0.469 e. The van der Waals surface area contributed by atoms with Crippen molar-refractivity contribution in [3.8, 4) is 0 Å². The van der Waals surface area contributed by atoms with Crippen LogP contribution < -0.4 is 0 Å². The van der Waals surface area contributed by atoms with Crippen molar-refractivity contribution in [3.05, 3.63) is 0 Å². The largest absolute Gasteiger partial charge is 0.469 e. The highest BCUT2D eigenvalue weighted by Gasteiger charge is 2.26. The summed E-state index contributed by atoms with van der Waals surface area (Å²) in [4.78, 5) is 44.8. The van der Waals surface area contributed by atoms with E-state index in [2.05, 4.69) is 4.74 Å². The molecule has 0 aromatic rings. The van der Waals surface area contributed by atoms with E-state index in [0.29, 0.717) is 0 Å². The van der Waals surface area contributed by atoms with Crippen molar-refractivity contribution in [2.24, 2.45) is 5.92 Å². The fraction of sp³-hybridized carbons (Fsp3) is 0.750. The number of carbonyl (C=O) groups excluding carboxylic acids is 4. The SMILES string of the molecule is COC(=O)C(C)CC(CC(CCOC(C)=O)OC(C)=O)OC(C)=O. The molecular formula is C16H26O8. The summed E-state index contributed by atoms with van der Waals surface area (Å²) in [5.74, 6) is -2.33. The van der Waals surface area contributed by atoms with Crippen LogP contribution in [0.4, 0.5) is 0 Å². The molecule has 24 heavy (non-hydrogen) atoms. The summed E-state index contributed by atoms with van der Waals surface area (Å²) in [6, 6.07) is 0. The maximum atomic E-state index is 11.5. The lowest BCUT2D eigenvalue weighted by Gasteiger charge is -2.24. The zero-order valence-electron chi connectivity index (χ0n) is 14.8. The Morgan fingerprint density at radius 1 is 0.833 bits per heavy atom. The molecule has 0 saturated carbocycles. The third-order valence-electron chi connectivity index (χ3n) is 3.16. The minimum atomic E-state index is -0.627. The Labute approximate surface area is 141 Å². The molecule has 3 unspecified atom stereocenters. The van der Waals surface area contributed by atoms with E-state index < -0.39 is 42.0 Å². The van der Waals surface area contributed by atoms with Crippen LogP contribution in [0.5, 0.6) is 0 Å². The monoisotopic (exact) mass is 346 g/mol. The Hall–Kier alpha value is -2.12. The molecule has 0 fully saturated rings. The van der Waals surface area contributed by atoms with E-state index in [0.717, 1.165) is 0 Å². The number of rotatable bonds is 10. The molecule has 0 bridgehead atoms. The highest BCUT2D eigenvalue weighted by Crippen LogP contribution is 2.19. The molecule has 0 spiro atoms. The van der Waals surface area contributed by atoms with Gasteiger partial charge in [0.15, 0.2) is 0 Å². The van der Waals surface area contributed by atoms with Crippen LogP contribution in [0.3, 0.4) is 0 Å². The summed E-state index contributed by atoms with van der Waals surface area (Å²) < 4.78 is 19.9. The van der Waals surface area contributed by atoms with Gasteiger partial charge in [0, 0.05) is 33.6 Å². The average Bonchev–Trinajstić information content (AvgIpc) is 2.44. The summed E-state index contributed by atoms with van der Waals surface area (Å²) in [5.41, 5.74) is 0. The van der Waals surface area contributed by atoms with Gasteiger partial charge in [0.2, 0.25) is 0 Å². The Morgan fingerprint density at radius 2 is 1.38 bits per heavy atom. The van der Waals surface area contributed by atoms with Gasteiger partial charge >= 0.3 is 23.9 Å². The quantitative estimate of drug-likeness (QED) is 0.432. The minimum absolute atomic E-state index is 0.0760. The van der Waals surface area contributed by atoms with E-state index in [4.69, 9.17) is 14.2 Å². The number of ether oxygens (including phenoxy) is 4. The Bertz CT molecular complexity index is 445. The number of carbonyl (C=O) groups is 4. The second-order valence-corrected chi connectivity index (χ2v) is 5.49. The summed E-state index contributed by atoms with van der Waals surface area (Å²) in [7, 11) is 1.28. The predicted octanol–water partition coefficient (Wildman–Crippen LogP) is 1.39. The fourth-order valence-electron chi connectivity index (χ4n) is 2.21. The van der Waals surface area contributed by atoms with E-state index in [1.807, 2.05) is 0 Å². The molecule has 0 heterocycles. The average molecular weight is 346 g/mol. The van der Waals surface area contributed by atoms with Gasteiger partial charge in [-0.25, -0.2) is 0 Å². The molecule has 0 saturated heterocycles. The van der Waals surface area contributed by atoms with E-state index in [9.17, 15) is 19.2 Å². The van der Waals surface area contributed by atoms with Crippen molar-refractivity contribution >= 4 is 23.9 Å². The molecule has 0 radical (unpaired) electrons. The Morgan fingerprint density at radius 3 is 1.83 bits per heavy atom. The van der Waals surface area contributed by atoms with Crippen LogP contribution in [0.1, 0.15) is 47.0 Å². The second-order valence-electron chi connectivity index (χ2n) is 5.49. The zero-order valence-corrected chi connectivity index (χ0v) is 14.8. The van der Waals surface area contributed by atoms with Crippen LogP contribution in [-0.4, -0.2) is 49.8 Å². The van der Waals surface area contributed by atoms with Crippen molar-refractivity contribution in [2.45, 2.75) is 59.2 Å². The normalized spacial score (nSPS) is 14.0. The number of esters is 4. The Balaban J connectivity index is 4.84. The molecule has 0 aliphatic carbocycles. The molecule has 0 amide bonds. The lowest BCUT2D eigenvalue weighted by molar-refractivity contribution is -0.157. The molecule has 8 heteroatoms. The van der Waals surface area contributed by atoms with Gasteiger partial charge in [-0.3, -0.25) is 19.2 Å². The summed E-state index contributed by atoms with van der Waals surface area (Å²) in [5, 5.41) is 0. The van der Waals surface area contributed by atoms with Gasteiger partial charge in [0.1, 0.15) is 12.2 Å². The van der Waals surface area contributed by atoms with Crippen LogP contribution in [0.15, 0.2) is 0 Å². The fourth-order valence-corrected chi connectivity index (χ4v) is 2.21. The van der Waals surface area contributed by atoms with Gasteiger partial charge < -0.3 is 18.9 Å². The first-order chi connectivity index (χ1) is 11.1. The molecule has 138 valence electrons. The number of methoxy groups -OCH3 is 1. The molecule has 0 N–H and O–H groups in total. The van der Waals surface area contributed by atoms with Gasteiger partial charge in [-0.15, -0.1) is 0 Å². The zero-order chi connectivity index (χ0) is 18.7. The molecule has 0 aromatic heterocycles. The lowest BCUT2D eigenvalue weighted by Crippen LogP contribution is -2.30. The molecule has 0 aliphatic heterocycles. The van der Waals surface area contributed by atoms with Crippen LogP contribution in [0, 0.1) is 5.92 Å². The summed E-state index contributed by atoms with van der Waals surface area (Å²) >= 11 is 0.